The molecular formula is C40H76N4O24. The van der Waals surface area contributed by atoms with Crippen molar-refractivity contribution in [3.63, 3.8) is 0 Å². The van der Waals surface area contributed by atoms with Crippen LogP contribution in [0, 0.1) is 0 Å². The fourth-order valence-electron chi connectivity index (χ4n) is 5.18. The smallest absolute Gasteiger partial charge is 0.305 e. The molecule has 0 spiro atoms. The summed E-state index contributed by atoms with van der Waals surface area (Å²) < 4.78 is 42.8. The Morgan fingerprint density at radius 1 is 0.382 bits per heavy atom. The van der Waals surface area contributed by atoms with Crippen molar-refractivity contribution in [2.45, 2.75) is 87.0 Å². The number of nitrogens with one attached hydrogen (secondary N) is 4. The summed E-state index contributed by atoms with van der Waals surface area (Å²) in [5.74, 6) is -3.48. The number of ether oxygens (including phenoxy) is 8. The van der Waals surface area contributed by atoms with Crippen LogP contribution in [0.4, 0.5) is 0 Å². The molecule has 28 heteroatoms. The average Bonchev–Trinajstić information content (AvgIpc) is 3.32. The van der Waals surface area contributed by atoms with E-state index in [0.717, 1.165) is 0 Å². The third-order valence-corrected chi connectivity index (χ3v) is 9.16. The normalized spacial score (nSPS) is 15.6. The molecule has 0 radical (unpaired) electrons. The van der Waals surface area contributed by atoms with Crippen LogP contribution in [0.3, 0.4) is 0 Å². The van der Waals surface area contributed by atoms with Gasteiger partial charge < -0.3 is 115 Å². The summed E-state index contributed by atoms with van der Waals surface area (Å²) >= 11 is 0. The number of carboxylic acid groups (broad SMARTS) is 1. The molecule has 0 aromatic heterocycles. The highest BCUT2D eigenvalue weighted by atomic mass is 16.6. The molecule has 0 rings (SSSR count). The average molecular weight is 997 g/mol. The molecule has 15 N–H and O–H groups in total. The van der Waals surface area contributed by atoms with Crippen LogP contribution < -0.4 is 21.3 Å². The second-order valence-corrected chi connectivity index (χ2v) is 14.7. The minimum atomic E-state index is -1.99. The molecule has 4 amide bonds. The molecule has 0 aliphatic rings. The molecule has 400 valence electrons. The zero-order valence-corrected chi connectivity index (χ0v) is 38.3. The highest BCUT2D eigenvalue weighted by Gasteiger charge is 2.32. The molecule has 9 atom stereocenters. The van der Waals surface area contributed by atoms with Gasteiger partial charge in [-0.3, -0.25) is 24.0 Å². The van der Waals surface area contributed by atoms with Gasteiger partial charge in [0.2, 0.25) is 23.6 Å². The third-order valence-electron chi connectivity index (χ3n) is 9.16. The van der Waals surface area contributed by atoms with Crippen LogP contribution in [0.25, 0.3) is 0 Å². The molecule has 68 heavy (non-hydrogen) atoms. The molecule has 0 bridgehead atoms. The summed E-state index contributed by atoms with van der Waals surface area (Å²) in [6.07, 6.45) is -15.8. The summed E-state index contributed by atoms with van der Waals surface area (Å²) in [5, 5.41) is 115. The van der Waals surface area contributed by atoms with E-state index in [0.29, 0.717) is 46.2 Å². The van der Waals surface area contributed by atoms with Crippen molar-refractivity contribution in [3.05, 3.63) is 0 Å². The highest BCUT2D eigenvalue weighted by Crippen LogP contribution is 2.07. The Bertz CT molecular complexity index is 1310. The van der Waals surface area contributed by atoms with Crippen molar-refractivity contribution in [1.82, 2.24) is 21.3 Å². The lowest BCUT2D eigenvalue weighted by atomic mass is 10.0. The summed E-state index contributed by atoms with van der Waals surface area (Å²) in [6.45, 7) is 1.11. The number of aliphatic hydroxyl groups excluding tert-OH is 10. The van der Waals surface area contributed by atoms with E-state index in [-0.39, 0.29) is 97.7 Å². The number of rotatable bonds is 47. The number of carboxylic acids is 1. The monoisotopic (exact) mass is 996 g/mol. The van der Waals surface area contributed by atoms with Crippen LogP contribution in [0.5, 0.6) is 0 Å². The van der Waals surface area contributed by atoms with Gasteiger partial charge in [0.15, 0.2) is 0 Å². The molecule has 28 nitrogen and oxygen atoms in total. The topological polar surface area (TPSA) is 430 Å². The van der Waals surface area contributed by atoms with E-state index in [1.165, 1.54) is 0 Å². The van der Waals surface area contributed by atoms with Gasteiger partial charge in [0, 0.05) is 38.9 Å². The molecule has 0 aromatic rings. The lowest BCUT2D eigenvalue weighted by Crippen LogP contribution is -2.53. The number of carbonyl (C=O) groups excluding carboxylic acids is 4. The Kier molecular flexibility index (Phi) is 40.4. The van der Waals surface area contributed by atoms with Gasteiger partial charge in [-0.2, -0.15) is 0 Å². The van der Waals surface area contributed by atoms with Crippen molar-refractivity contribution in [3.8, 4) is 0 Å². The van der Waals surface area contributed by atoms with Crippen LogP contribution >= 0.6 is 0 Å². The maximum atomic E-state index is 13.0. The lowest BCUT2D eigenvalue weighted by Gasteiger charge is -2.26. The Hall–Kier alpha value is -3.37. The van der Waals surface area contributed by atoms with E-state index in [2.05, 4.69) is 21.3 Å². The van der Waals surface area contributed by atoms with E-state index >= 15 is 0 Å². The molecule has 0 unspecified atom stereocenters. The van der Waals surface area contributed by atoms with Gasteiger partial charge in [-0.15, -0.1) is 0 Å². The van der Waals surface area contributed by atoms with Crippen LogP contribution in [0.1, 0.15) is 32.1 Å². The number of amides is 4. The number of aliphatic carboxylic acids is 1. The van der Waals surface area contributed by atoms with Crippen molar-refractivity contribution in [2.75, 3.05) is 139 Å². The Balaban J connectivity index is 4.24. The minimum Gasteiger partial charge on any atom is -0.481 e. The van der Waals surface area contributed by atoms with Crippen LogP contribution in [0.15, 0.2) is 0 Å². The molecular weight excluding hydrogens is 920 g/mol. The largest absolute Gasteiger partial charge is 0.481 e. The Morgan fingerprint density at radius 3 is 1.13 bits per heavy atom. The predicted octanol–water partition coefficient (Wildman–Crippen LogP) is -8.14. The quantitative estimate of drug-likeness (QED) is 0.0252. The Morgan fingerprint density at radius 2 is 0.721 bits per heavy atom. The summed E-state index contributed by atoms with van der Waals surface area (Å²) in [5.41, 5.74) is 0. The van der Waals surface area contributed by atoms with E-state index in [9.17, 15) is 64.8 Å². The van der Waals surface area contributed by atoms with Crippen LogP contribution in [-0.2, 0) is 61.9 Å². The van der Waals surface area contributed by atoms with Gasteiger partial charge >= 0.3 is 5.97 Å². The maximum absolute atomic E-state index is 13.0. The van der Waals surface area contributed by atoms with E-state index in [1.807, 2.05) is 0 Å². The van der Waals surface area contributed by atoms with Crippen molar-refractivity contribution >= 4 is 29.6 Å². The summed E-state index contributed by atoms with van der Waals surface area (Å²) in [6, 6.07) is -1.40. The van der Waals surface area contributed by atoms with Gasteiger partial charge in [-0.05, 0) is 6.42 Å². The number of hydrogen-bond donors (Lipinski definition) is 15. The first-order chi connectivity index (χ1) is 32.5. The minimum absolute atomic E-state index is 0.0534. The number of hydrogen-bond acceptors (Lipinski definition) is 23. The fourth-order valence-corrected chi connectivity index (χ4v) is 5.18. The third kappa shape index (κ3) is 34.8. The fraction of sp³-hybridized carbons (Fsp3) is 0.875. The van der Waals surface area contributed by atoms with Gasteiger partial charge in [-0.25, -0.2) is 0 Å². The van der Waals surface area contributed by atoms with Gasteiger partial charge in [-0.1, -0.05) is 0 Å². The lowest BCUT2D eigenvalue weighted by molar-refractivity contribution is -0.138. The molecule has 0 saturated carbocycles. The molecule has 0 fully saturated rings. The molecule has 0 saturated heterocycles. The van der Waals surface area contributed by atoms with E-state index in [4.69, 9.17) is 53.2 Å². The van der Waals surface area contributed by atoms with Crippen molar-refractivity contribution < 1.29 is 118 Å². The van der Waals surface area contributed by atoms with Gasteiger partial charge in [0.25, 0.3) is 0 Å². The summed E-state index contributed by atoms with van der Waals surface area (Å²) in [7, 11) is 0. The van der Waals surface area contributed by atoms with Crippen LogP contribution in [0.2, 0.25) is 0 Å². The van der Waals surface area contributed by atoms with Gasteiger partial charge in [0.05, 0.1) is 138 Å². The second kappa shape index (κ2) is 42.5. The zero-order chi connectivity index (χ0) is 51.0. The Labute approximate surface area is 394 Å². The molecule has 0 heterocycles. The van der Waals surface area contributed by atoms with Crippen LogP contribution in [-0.4, -0.2) is 279 Å². The SMILES string of the molecule is O=C(O)CCOCCOCCOCCOCCC(=O)NCCOCCOCCOCCOCCC(=O)N[C@@H](CCC(=O)NC[C@H](O)[C@@H](O)[C@H](O)[C@H](O)CO)C(=O)NC[C@H](O)[C@@H](O)[C@H](O)[C@H](O)CO. The standard InChI is InChI=1S/C40H76N4O24/c45-25-30(49)38(58)36(56)28(47)23-42-32(51)2-1-27(40(60)43-24-29(48)37(57)39(59)31(50)26-46)44-34(53)4-8-62-12-16-66-21-22-68-18-14-64-10-6-41-33(52)3-7-61-11-15-65-19-20-67-17-13-63-9-5-35(54)55/h27-31,36-39,45-50,56-59H,1-26H2,(H,41,52)(H,42,51)(H,43,60)(H,44,53)(H,54,55)/t27-,28-,29-,30+,31+,36+,37+,38+,39+/m0/s1. The molecule has 0 aromatic carbocycles. The predicted molar refractivity (Wildman–Crippen MR) is 230 cm³/mol. The van der Waals surface area contributed by atoms with E-state index in [1.54, 1.807) is 0 Å². The van der Waals surface area contributed by atoms with Crippen molar-refractivity contribution in [2.24, 2.45) is 0 Å². The zero-order valence-electron chi connectivity index (χ0n) is 38.3. The molecule has 0 aliphatic heterocycles. The van der Waals surface area contributed by atoms with E-state index < -0.39 is 111 Å². The number of carbonyl (C=O) groups is 5. The first-order valence-corrected chi connectivity index (χ1v) is 22.2. The maximum Gasteiger partial charge on any atom is 0.305 e. The number of aliphatic hydroxyl groups is 10. The first-order valence-electron chi connectivity index (χ1n) is 22.2. The van der Waals surface area contributed by atoms with Gasteiger partial charge in [0.1, 0.15) is 42.7 Å². The first kappa shape index (κ1) is 64.6. The molecule has 0 aliphatic carbocycles. The second-order valence-electron chi connectivity index (χ2n) is 14.7. The highest BCUT2D eigenvalue weighted by molar-refractivity contribution is 5.88. The summed E-state index contributed by atoms with van der Waals surface area (Å²) in [4.78, 5) is 60.4. The van der Waals surface area contributed by atoms with Crippen molar-refractivity contribution in [1.29, 1.82) is 0 Å².